The van der Waals surface area contributed by atoms with E-state index >= 15 is 0 Å². The Morgan fingerprint density at radius 3 is 2.55 bits per heavy atom. The maximum absolute atomic E-state index is 13.6. The zero-order chi connectivity index (χ0) is 14.7. The number of benzene rings is 2. The molecule has 0 saturated heterocycles. The first-order valence-corrected chi connectivity index (χ1v) is 7.15. The van der Waals surface area contributed by atoms with E-state index in [1.807, 2.05) is 0 Å². The Hall–Kier alpha value is -1.40. The number of ether oxygens (including phenoxy) is 1. The van der Waals surface area contributed by atoms with E-state index in [0.717, 1.165) is 0 Å². The van der Waals surface area contributed by atoms with Gasteiger partial charge in [-0.25, -0.2) is 9.18 Å². The van der Waals surface area contributed by atoms with E-state index in [-0.39, 0.29) is 18.0 Å². The van der Waals surface area contributed by atoms with Gasteiger partial charge in [-0.2, -0.15) is 0 Å². The predicted molar refractivity (Wildman–Crippen MR) is 79.5 cm³/mol. The SMILES string of the molecule is O=C(O)c1ccc(OCc2ccc(Br)cc2F)c(Br)c1. The summed E-state index contributed by atoms with van der Waals surface area (Å²) in [5.74, 6) is -0.925. The molecule has 0 fully saturated rings. The summed E-state index contributed by atoms with van der Waals surface area (Å²) in [6, 6.07) is 9.12. The number of carboxylic acids is 1. The van der Waals surface area contributed by atoms with Crippen molar-refractivity contribution in [3.05, 3.63) is 62.3 Å². The highest BCUT2D eigenvalue weighted by atomic mass is 79.9. The quantitative estimate of drug-likeness (QED) is 0.809. The second kappa shape index (κ2) is 6.37. The summed E-state index contributed by atoms with van der Waals surface area (Å²) in [6.45, 7) is 0.0597. The zero-order valence-electron chi connectivity index (χ0n) is 10.1. The molecule has 0 aromatic heterocycles. The lowest BCUT2D eigenvalue weighted by Crippen LogP contribution is -2.01. The molecule has 0 saturated carbocycles. The Kier molecular flexibility index (Phi) is 4.77. The van der Waals surface area contributed by atoms with Crippen LogP contribution in [0.3, 0.4) is 0 Å². The van der Waals surface area contributed by atoms with Gasteiger partial charge in [-0.1, -0.05) is 22.0 Å². The van der Waals surface area contributed by atoms with E-state index in [4.69, 9.17) is 9.84 Å². The van der Waals surface area contributed by atoms with E-state index in [1.165, 1.54) is 24.3 Å². The monoisotopic (exact) mass is 402 g/mol. The summed E-state index contributed by atoms with van der Waals surface area (Å²) in [6.07, 6.45) is 0. The molecule has 0 aliphatic carbocycles. The highest BCUT2D eigenvalue weighted by Gasteiger charge is 2.09. The van der Waals surface area contributed by atoms with Crippen LogP contribution in [0.2, 0.25) is 0 Å². The first-order chi connectivity index (χ1) is 9.47. The molecule has 0 amide bonds. The normalized spacial score (nSPS) is 10.3. The van der Waals surface area contributed by atoms with E-state index in [9.17, 15) is 9.18 Å². The fourth-order valence-electron chi connectivity index (χ4n) is 1.55. The Morgan fingerprint density at radius 1 is 1.20 bits per heavy atom. The molecule has 3 nitrogen and oxygen atoms in total. The Morgan fingerprint density at radius 2 is 1.95 bits per heavy atom. The molecule has 0 aliphatic rings. The largest absolute Gasteiger partial charge is 0.488 e. The van der Waals surface area contributed by atoms with Crippen LogP contribution >= 0.6 is 31.9 Å². The van der Waals surface area contributed by atoms with Crippen LogP contribution in [0.5, 0.6) is 5.75 Å². The Balaban J connectivity index is 2.13. The highest BCUT2D eigenvalue weighted by molar-refractivity contribution is 9.10. The van der Waals surface area contributed by atoms with Crippen molar-refractivity contribution < 1.29 is 19.0 Å². The minimum absolute atomic E-state index is 0.0597. The van der Waals surface area contributed by atoms with Gasteiger partial charge < -0.3 is 9.84 Å². The van der Waals surface area contributed by atoms with E-state index in [1.54, 1.807) is 12.1 Å². The molecule has 2 aromatic carbocycles. The molecule has 2 rings (SSSR count). The van der Waals surface area contributed by atoms with Crippen molar-refractivity contribution in [1.82, 2.24) is 0 Å². The van der Waals surface area contributed by atoms with E-state index < -0.39 is 5.97 Å². The second-order valence-electron chi connectivity index (χ2n) is 3.97. The van der Waals surface area contributed by atoms with Gasteiger partial charge in [0, 0.05) is 10.0 Å². The van der Waals surface area contributed by atoms with E-state index in [0.29, 0.717) is 20.3 Å². The average molecular weight is 404 g/mol. The van der Waals surface area contributed by atoms with Gasteiger partial charge in [0.05, 0.1) is 10.0 Å². The standard InChI is InChI=1S/C14H9Br2FO3/c15-10-3-1-9(12(17)6-10)7-20-13-4-2-8(14(18)19)5-11(13)16/h1-6H,7H2,(H,18,19). The number of rotatable bonds is 4. The summed E-state index contributed by atoms with van der Waals surface area (Å²) in [5.41, 5.74) is 0.571. The molecular formula is C14H9Br2FO3. The molecule has 20 heavy (non-hydrogen) atoms. The summed E-state index contributed by atoms with van der Waals surface area (Å²) < 4.78 is 20.3. The van der Waals surface area contributed by atoms with Crippen LogP contribution in [-0.2, 0) is 6.61 Å². The summed E-state index contributed by atoms with van der Waals surface area (Å²) in [7, 11) is 0. The predicted octanol–water partition coefficient (Wildman–Crippen LogP) is 4.63. The zero-order valence-corrected chi connectivity index (χ0v) is 13.2. The third kappa shape index (κ3) is 3.58. The maximum atomic E-state index is 13.6. The smallest absolute Gasteiger partial charge is 0.335 e. The van der Waals surface area contributed by atoms with Crippen LogP contribution in [0.15, 0.2) is 45.3 Å². The maximum Gasteiger partial charge on any atom is 0.335 e. The molecule has 0 aliphatic heterocycles. The van der Waals surface area contributed by atoms with Gasteiger partial charge in [-0.15, -0.1) is 0 Å². The lowest BCUT2D eigenvalue weighted by Gasteiger charge is -2.09. The van der Waals surface area contributed by atoms with Crippen LogP contribution in [0.4, 0.5) is 4.39 Å². The first-order valence-electron chi connectivity index (χ1n) is 5.57. The van der Waals surface area contributed by atoms with Gasteiger partial charge in [0.2, 0.25) is 0 Å². The number of aromatic carboxylic acids is 1. The minimum Gasteiger partial charge on any atom is -0.488 e. The van der Waals surface area contributed by atoms with Crippen molar-refractivity contribution >= 4 is 37.8 Å². The Labute approximate surface area is 131 Å². The number of carbonyl (C=O) groups is 1. The molecule has 104 valence electrons. The molecule has 0 radical (unpaired) electrons. The van der Waals surface area contributed by atoms with Gasteiger partial charge in [0.15, 0.2) is 0 Å². The van der Waals surface area contributed by atoms with Gasteiger partial charge in [0.1, 0.15) is 18.2 Å². The van der Waals surface area contributed by atoms with Crippen LogP contribution in [0, 0.1) is 5.82 Å². The molecule has 1 N–H and O–H groups in total. The summed E-state index contributed by atoms with van der Waals surface area (Å²) in [5, 5.41) is 8.85. The first kappa shape index (κ1) is 15.0. The van der Waals surface area contributed by atoms with Crippen molar-refractivity contribution in [2.24, 2.45) is 0 Å². The number of halogens is 3. The molecular weight excluding hydrogens is 395 g/mol. The van der Waals surface area contributed by atoms with E-state index in [2.05, 4.69) is 31.9 Å². The lowest BCUT2D eigenvalue weighted by molar-refractivity contribution is 0.0696. The highest BCUT2D eigenvalue weighted by Crippen LogP contribution is 2.27. The van der Waals surface area contributed by atoms with Gasteiger partial charge in [0.25, 0.3) is 0 Å². The number of hydrogen-bond acceptors (Lipinski definition) is 2. The topological polar surface area (TPSA) is 46.5 Å². The minimum atomic E-state index is -1.02. The fourth-order valence-corrected chi connectivity index (χ4v) is 2.37. The van der Waals surface area contributed by atoms with Crippen LogP contribution in [0.25, 0.3) is 0 Å². The van der Waals surface area contributed by atoms with Gasteiger partial charge in [-0.05, 0) is 46.3 Å². The third-order valence-corrected chi connectivity index (χ3v) is 3.69. The molecule has 6 heteroatoms. The van der Waals surface area contributed by atoms with Crippen molar-refractivity contribution in [2.45, 2.75) is 6.61 Å². The summed E-state index contributed by atoms with van der Waals surface area (Å²) >= 11 is 6.41. The van der Waals surface area contributed by atoms with Crippen molar-refractivity contribution in [3.63, 3.8) is 0 Å². The lowest BCUT2D eigenvalue weighted by atomic mass is 10.2. The number of hydrogen-bond donors (Lipinski definition) is 1. The van der Waals surface area contributed by atoms with Crippen LogP contribution in [0.1, 0.15) is 15.9 Å². The molecule has 0 heterocycles. The van der Waals surface area contributed by atoms with Crippen LogP contribution in [-0.4, -0.2) is 11.1 Å². The third-order valence-electron chi connectivity index (χ3n) is 2.58. The van der Waals surface area contributed by atoms with Crippen molar-refractivity contribution in [2.75, 3.05) is 0 Å². The number of carboxylic acid groups (broad SMARTS) is 1. The molecule has 0 spiro atoms. The molecule has 0 unspecified atom stereocenters. The molecule has 2 aromatic rings. The summed E-state index contributed by atoms with van der Waals surface area (Å²) in [4.78, 5) is 10.8. The fraction of sp³-hybridized carbons (Fsp3) is 0.0714. The van der Waals surface area contributed by atoms with Crippen molar-refractivity contribution in [3.8, 4) is 5.75 Å². The molecule has 0 atom stereocenters. The second-order valence-corrected chi connectivity index (χ2v) is 5.74. The average Bonchev–Trinajstić information content (AvgIpc) is 2.38. The van der Waals surface area contributed by atoms with Gasteiger partial charge in [-0.3, -0.25) is 0 Å². The Bertz CT molecular complexity index is 659. The van der Waals surface area contributed by atoms with Gasteiger partial charge >= 0.3 is 5.97 Å². The molecule has 0 bridgehead atoms. The van der Waals surface area contributed by atoms with Crippen molar-refractivity contribution in [1.29, 1.82) is 0 Å². The van der Waals surface area contributed by atoms with Crippen LogP contribution < -0.4 is 4.74 Å².